The van der Waals surface area contributed by atoms with Crippen molar-refractivity contribution in [1.82, 2.24) is 20.0 Å². The first-order valence-electron chi connectivity index (χ1n) is 9.18. The lowest BCUT2D eigenvalue weighted by Crippen LogP contribution is -2.43. The van der Waals surface area contributed by atoms with Crippen molar-refractivity contribution < 1.29 is 9.21 Å². The highest BCUT2D eigenvalue weighted by Crippen LogP contribution is 2.21. The summed E-state index contributed by atoms with van der Waals surface area (Å²) in [7, 11) is 1.88. The van der Waals surface area contributed by atoms with Crippen molar-refractivity contribution >= 4 is 5.91 Å². The molecule has 3 heterocycles. The Morgan fingerprint density at radius 1 is 1.52 bits per heavy atom. The van der Waals surface area contributed by atoms with E-state index in [1.807, 2.05) is 24.1 Å². The van der Waals surface area contributed by atoms with Crippen LogP contribution in [0.3, 0.4) is 0 Å². The highest BCUT2D eigenvalue weighted by molar-refractivity contribution is 5.78. The summed E-state index contributed by atoms with van der Waals surface area (Å²) in [5.74, 6) is 1.24. The Morgan fingerprint density at radius 3 is 3.16 bits per heavy atom. The van der Waals surface area contributed by atoms with E-state index >= 15 is 0 Å². The van der Waals surface area contributed by atoms with Crippen molar-refractivity contribution in [3.05, 3.63) is 41.6 Å². The molecular weight excluding hydrogens is 316 g/mol. The minimum absolute atomic E-state index is 0.0618. The summed E-state index contributed by atoms with van der Waals surface area (Å²) in [5, 5.41) is 7.35. The molecule has 0 spiro atoms. The van der Waals surface area contributed by atoms with Gasteiger partial charge in [-0.25, -0.2) is 0 Å². The van der Waals surface area contributed by atoms with Crippen LogP contribution < -0.4 is 0 Å². The monoisotopic (exact) mass is 344 g/mol. The molecule has 1 N–H and O–H groups in total. The summed E-state index contributed by atoms with van der Waals surface area (Å²) in [6.07, 6.45) is 5.76. The fraction of sp³-hybridized carbons (Fsp3) is 0.579. The van der Waals surface area contributed by atoms with E-state index in [-0.39, 0.29) is 11.8 Å². The van der Waals surface area contributed by atoms with Gasteiger partial charge in [-0.15, -0.1) is 0 Å². The van der Waals surface area contributed by atoms with Gasteiger partial charge >= 0.3 is 0 Å². The van der Waals surface area contributed by atoms with Crippen LogP contribution in [0, 0.1) is 5.92 Å². The Balaban J connectivity index is 1.53. The number of carbonyl (C=O) groups is 1. The van der Waals surface area contributed by atoms with Crippen LogP contribution in [0.2, 0.25) is 0 Å². The number of hydrogen-bond acceptors (Lipinski definition) is 4. The van der Waals surface area contributed by atoms with E-state index in [1.54, 1.807) is 6.26 Å². The second kappa shape index (κ2) is 8.34. The number of furan rings is 1. The molecule has 2 aromatic rings. The van der Waals surface area contributed by atoms with Crippen molar-refractivity contribution in [2.75, 3.05) is 20.1 Å². The zero-order valence-electron chi connectivity index (χ0n) is 15.2. The third-order valence-corrected chi connectivity index (χ3v) is 4.79. The van der Waals surface area contributed by atoms with E-state index in [0.29, 0.717) is 6.54 Å². The number of amides is 1. The first kappa shape index (κ1) is 17.7. The summed E-state index contributed by atoms with van der Waals surface area (Å²) in [6.45, 7) is 5.33. The number of aromatic amines is 1. The van der Waals surface area contributed by atoms with Crippen molar-refractivity contribution in [3.63, 3.8) is 0 Å². The Hall–Kier alpha value is -2.08. The van der Waals surface area contributed by atoms with Crippen LogP contribution in [0.5, 0.6) is 0 Å². The highest BCUT2D eigenvalue weighted by atomic mass is 16.3. The molecule has 1 aliphatic rings. The fourth-order valence-corrected chi connectivity index (χ4v) is 3.54. The smallest absolute Gasteiger partial charge is 0.227 e. The van der Waals surface area contributed by atoms with E-state index in [9.17, 15) is 4.79 Å². The quantitative estimate of drug-likeness (QED) is 0.839. The number of rotatable bonds is 7. The third-order valence-electron chi connectivity index (χ3n) is 4.79. The average molecular weight is 344 g/mol. The standard InChI is InChI=1S/C19H28N4O2/c1-3-6-16-11-17(21-20-16)13-22(2)19(24)15-7-4-9-23(12-15)14-18-8-5-10-25-18/h5,8,10-11,15H,3-4,6-7,9,12-14H2,1-2H3,(H,20,21). The van der Waals surface area contributed by atoms with Gasteiger partial charge in [0.2, 0.25) is 5.91 Å². The number of likely N-dealkylation sites (tertiary alicyclic amines) is 1. The molecule has 0 aromatic carbocycles. The summed E-state index contributed by atoms with van der Waals surface area (Å²) in [4.78, 5) is 17.0. The topological polar surface area (TPSA) is 65.4 Å². The molecule has 6 nitrogen and oxygen atoms in total. The Bertz CT molecular complexity index is 665. The van der Waals surface area contributed by atoms with Gasteiger partial charge < -0.3 is 9.32 Å². The largest absolute Gasteiger partial charge is 0.468 e. The van der Waals surface area contributed by atoms with Gasteiger partial charge in [-0.05, 0) is 44.0 Å². The van der Waals surface area contributed by atoms with E-state index in [4.69, 9.17) is 4.42 Å². The molecule has 1 aliphatic heterocycles. The molecule has 136 valence electrons. The maximum atomic E-state index is 12.8. The van der Waals surface area contributed by atoms with E-state index < -0.39 is 0 Å². The van der Waals surface area contributed by atoms with Crippen LogP contribution in [0.25, 0.3) is 0 Å². The Kier molecular flexibility index (Phi) is 5.91. The van der Waals surface area contributed by atoms with Gasteiger partial charge in [0.25, 0.3) is 0 Å². The zero-order chi connectivity index (χ0) is 17.6. The predicted molar refractivity (Wildman–Crippen MR) is 95.8 cm³/mol. The van der Waals surface area contributed by atoms with Crippen molar-refractivity contribution in [3.8, 4) is 0 Å². The molecule has 6 heteroatoms. The molecule has 0 bridgehead atoms. The molecule has 0 aliphatic carbocycles. The number of carbonyl (C=O) groups excluding carboxylic acids is 1. The highest BCUT2D eigenvalue weighted by Gasteiger charge is 2.28. The maximum Gasteiger partial charge on any atom is 0.227 e. The van der Waals surface area contributed by atoms with E-state index in [0.717, 1.165) is 62.5 Å². The normalized spacial score (nSPS) is 18.4. The number of piperidine rings is 1. The molecular formula is C19H28N4O2. The fourth-order valence-electron chi connectivity index (χ4n) is 3.54. The van der Waals surface area contributed by atoms with Gasteiger partial charge in [0, 0.05) is 13.6 Å². The van der Waals surface area contributed by atoms with Crippen LogP contribution in [0.4, 0.5) is 0 Å². The molecule has 1 unspecified atom stereocenters. The molecule has 2 aromatic heterocycles. The van der Waals surface area contributed by atoms with Crippen LogP contribution in [0.15, 0.2) is 28.9 Å². The molecule has 0 saturated carbocycles. The van der Waals surface area contributed by atoms with Gasteiger partial charge in [-0.2, -0.15) is 5.10 Å². The lowest BCUT2D eigenvalue weighted by Gasteiger charge is -2.33. The van der Waals surface area contributed by atoms with Gasteiger partial charge in [0.1, 0.15) is 5.76 Å². The van der Waals surface area contributed by atoms with E-state index in [2.05, 4.69) is 28.1 Å². The Morgan fingerprint density at radius 2 is 2.40 bits per heavy atom. The molecule has 1 saturated heterocycles. The molecule has 0 radical (unpaired) electrons. The molecule has 3 rings (SSSR count). The Labute approximate surface area is 149 Å². The second-order valence-electron chi connectivity index (χ2n) is 6.98. The minimum atomic E-state index is 0.0618. The average Bonchev–Trinajstić information content (AvgIpc) is 3.27. The maximum absolute atomic E-state index is 12.8. The molecule has 25 heavy (non-hydrogen) atoms. The van der Waals surface area contributed by atoms with Gasteiger partial charge in [0.15, 0.2) is 0 Å². The zero-order valence-corrected chi connectivity index (χ0v) is 15.2. The molecule has 1 amide bonds. The summed E-state index contributed by atoms with van der Waals surface area (Å²) in [5.41, 5.74) is 2.07. The minimum Gasteiger partial charge on any atom is -0.468 e. The van der Waals surface area contributed by atoms with Gasteiger partial charge in [-0.3, -0.25) is 14.8 Å². The molecule has 1 atom stereocenters. The van der Waals surface area contributed by atoms with Crippen molar-refractivity contribution in [2.24, 2.45) is 5.92 Å². The van der Waals surface area contributed by atoms with Gasteiger partial charge in [-0.1, -0.05) is 13.3 Å². The number of hydrogen-bond donors (Lipinski definition) is 1. The predicted octanol–water partition coefficient (Wildman–Crippen LogP) is 2.83. The van der Waals surface area contributed by atoms with Crippen LogP contribution >= 0.6 is 0 Å². The summed E-state index contributed by atoms with van der Waals surface area (Å²) >= 11 is 0. The van der Waals surface area contributed by atoms with Gasteiger partial charge in [0.05, 0.1) is 36.7 Å². The molecule has 1 fully saturated rings. The van der Waals surface area contributed by atoms with Crippen molar-refractivity contribution in [1.29, 1.82) is 0 Å². The number of nitrogens with one attached hydrogen (secondary N) is 1. The lowest BCUT2D eigenvalue weighted by atomic mass is 9.96. The number of aromatic nitrogens is 2. The first-order valence-corrected chi connectivity index (χ1v) is 9.18. The summed E-state index contributed by atoms with van der Waals surface area (Å²) in [6, 6.07) is 5.97. The SMILES string of the molecule is CCCc1cc(CN(C)C(=O)C2CCCN(Cc3ccco3)C2)[nH]n1. The third kappa shape index (κ3) is 4.72. The number of aryl methyl sites for hydroxylation is 1. The van der Waals surface area contributed by atoms with Crippen LogP contribution in [0.1, 0.15) is 43.3 Å². The van der Waals surface area contributed by atoms with Crippen LogP contribution in [-0.2, 0) is 24.3 Å². The number of nitrogens with zero attached hydrogens (tertiary/aromatic N) is 3. The lowest BCUT2D eigenvalue weighted by molar-refractivity contribution is -0.136. The van der Waals surface area contributed by atoms with E-state index in [1.165, 1.54) is 0 Å². The van der Waals surface area contributed by atoms with Crippen LogP contribution in [-0.4, -0.2) is 46.0 Å². The number of H-pyrrole nitrogens is 1. The second-order valence-corrected chi connectivity index (χ2v) is 6.98. The first-order chi connectivity index (χ1) is 12.2. The van der Waals surface area contributed by atoms with Crippen molar-refractivity contribution in [2.45, 2.75) is 45.7 Å². The summed E-state index contributed by atoms with van der Waals surface area (Å²) < 4.78 is 5.43.